The van der Waals surface area contributed by atoms with Crippen LogP contribution in [0.2, 0.25) is 0 Å². The summed E-state index contributed by atoms with van der Waals surface area (Å²) in [4.78, 5) is 3.48. The highest BCUT2D eigenvalue weighted by atomic mass is 32.1. The molecule has 1 rings (SSSR count). The summed E-state index contributed by atoms with van der Waals surface area (Å²) in [6.45, 7) is 0. The van der Waals surface area contributed by atoms with Gasteiger partial charge in [0.25, 0.3) is 0 Å². The van der Waals surface area contributed by atoms with Crippen molar-refractivity contribution in [1.29, 1.82) is 0 Å². The Morgan fingerprint density at radius 3 is 2.70 bits per heavy atom. The predicted molar refractivity (Wildman–Crippen MR) is 36.2 cm³/mol. The first-order valence-electron chi connectivity index (χ1n) is 2.47. The SMILES string of the molecule is OC(O)C(=S)n1cncn1. The molecule has 0 aliphatic rings. The van der Waals surface area contributed by atoms with E-state index in [1.807, 2.05) is 0 Å². The maximum absolute atomic E-state index is 8.52. The smallest absolute Gasteiger partial charge is 0.206 e. The van der Waals surface area contributed by atoms with E-state index >= 15 is 0 Å². The number of aliphatic hydroxyl groups excluding tert-OH is 1. The van der Waals surface area contributed by atoms with Crippen LogP contribution in [0, 0.1) is 0 Å². The van der Waals surface area contributed by atoms with E-state index in [9.17, 15) is 0 Å². The number of aliphatic hydroxyl groups is 2. The first kappa shape index (κ1) is 7.26. The lowest BCUT2D eigenvalue weighted by molar-refractivity contribution is 0.0188. The van der Waals surface area contributed by atoms with Crippen LogP contribution in [0.4, 0.5) is 0 Å². The minimum atomic E-state index is -1.66. The summed E-state index contributed by atoms with van der Waals surface area (Å²) in [5.74, 6) is 0. The fraction of sp³-hybridized carbons (Fsp3) is 0.250. The topological polar surface area (TPSA) is 71.2 Å². The van der Waals surface area contributed by atoms with E-state index in [1.165, 1.54) is 12.7 Å². The number of aromatic nitrogens is 3. The summed E-state index contributed by atoms with van der Waals surface area (Å²) >= 11 is 4.56. The van der Waals surface area contributed by atoms with Crippen molar-refractivity contribution in [3.8, 4) is 0 Å². The molecule has 0 unspecified atom stereocenters. The van der Waals surface area contributed by atoms with Crippen molar-refractivity contribution in [3.05, 3.63) is 12.7 Å². The Labute approximate surface area is 61.9 Å². The third kappa shape index (κ3) is 1.35. The van der Waals surface area contributed by atoms with Crippen molar-refractivity contribution in [3.63, 3.8) is 0 Å². The molecule has 54 valence electrons. The van der Waals surface area contributed by atoms with E-state index in [1.54, 1.807) is 0 Å². The van der Waals surface area contributed by atoms with Gasteiger partial charge in [-0.3, -0.25) is 0 Å². The number of hydrogen-bond acceptors (Lipinski definition) is 5. The standard InChI is InChI=1S/C4H5N3O2S/c8-4(9)3(10)7-2-5-1-6-7/h1-2,4,8-9H. The first-order valence-corrected chi connectivity index (χ1v) is 2.87. The third-order valence-corrected chi connectivity index (χ3v) is 1.26. The summed E-state index contributed by atoms with van der Waals surface area (Å²) in [5, 5.41) is 20.6. The average molecular weight is 159 g/mol. The predicted octanol–water partition coefficient (Wildman–Crippen LogP) is -1.24. The Kier molecular flexibility index (Phi) is 2.05. The zero-order valence-corrected chi connectivity index (χ0v) is 5.69. The summed E-state index contributed by atoms with van der Waals surface area (Å²) in [6.07, 6.45) is 0.896. The molecule has 0 atom stereocenters. The molecule has 0 amide bonds. The van der Waals surface area contributed by atoms with Crippen molar-refractivity contribution in [2.75, 3.05) is 0 Å². The van der Waals surface area contributed by atoms with Crippen LogP contribution in [-0.4, -0.2) is 36.3 Å². The van der Waals surface area contributed by atoms with E-state index in [-0.39, 0.29) is 4.99 Å². The van der Waals surface area contributed by atoms with Crippen molar-refractivity contribution >= 4 is 17.2 Å². The largest absolute Gasteiger partial charge is 0.363 e. The van der Waals surface area contributed by atoms with Crippen molar-refractivity contribution < 1.29 is 10.2 Å². The van der Waals surface area contributed by atoms with Crippen molar-refractivity contribution in [2.45, 2.75) is 6.29 Å². The molecule has 0 aromatic carbocycles. The Hall–Kier alpha value is -0.850. The summed E-state index contributed by atoms with van der Waals surface area (Å²) in [5.41, 5.74) is 0. The zero-order valence-electron chi connectivity index (χ0n) is 4.88. The van der Waals surface area contributed by atoms with Crippen LogP contribution in [0.5, 0.6) is 0 Å². The molecule has 0 aliphatic heterocycles. The molecule has 1 heterocycles. The van der Waals surface area contributed by atoms with Crippen LogP contribution in [0.1, 0.15) is 0 Å². The lowest BCUT2D eigenvalue weighted by atomic mass is 10.6. The molecule has 0 fully saturated rings. The Balaban J connectivity index is 2.78. The fourth-order valence-corrected chi connectivity index (χ4v) is 0.535. The summed E-state index contributed by atoms with van der Waals surface area (Å²) < 4.78 is 1.11. The monoisotopic (exact) mass is 159 g/mol. The molecule has 0 saturated carbocycles. The van der Waals surface area contributed by atoms with E-state index in [2.05, 4.69) is 22.3 Å². The molecular formula is C4H5N3O2S. The zero-order chi connectivity index (χ0) is 7.56. The molecule has 1 aromatic heterocycles. The van der Waals surface area contributed by atoms with E-state index in [0.29, 0.717) is 0 Å². The molecule has 6 heteroatoms. The van der Waals surface area contributed by atoms with Gasteiger partial charge in [0, 0.05) is 0 Å². The molecular weight excluding hydrogens is 154 g/mol. The Bertz CT molecular complexity index is 220. The van der Waals surface area contributed by atoms with Gasteiger partial charge in [-0.2, -0.15) is 5.10 Å². The van der Waals surface area contributed by atoms with E-state index in [0.717, 1.165) is 4.68 Å². The normalized spacial score (nSPS) is 10.3. The van der Waals surface area contributed by atoms with Gasteiger partial charge in [-0.25, -0.2) is 9.67 Å². The van der Waals surface area contributed by atoms with Gasteiger partial charge < -0.3 is 10.2 Å². The maximum Gasteiger partial charge on any atom is 0.206 e. The van der Waals surface area contributed by atoms with E-state index < -0.39 is 6.29 Å². The molecule has 5 nitrogen and oxygen atoms in total. The Morgan fingerprint density at radius 2 is 2.30 bits per heavy atom. The lowest BCUT2D eigenvalue weighted by Crippen LogP contribution is -2.25. The second kappa shape index (κ2) is 2.82. The van der Waals surface area contributed by atoms with Crippen LogP contribution in [0.3, 0.4) is 0 Å². The van der Waals surface area contributed by atoms with Gasteiger partial charge in [0.1, 0.15) is 12.7 Å². The minimum absolute atomic E-state index is 0.0856. The first-order chi connectivity index (χ1) is 4.72. The third-order valence-electron chi connectivity index (χ3n) is 0.865. The second-order valence-corrected chi connectivity index (χ2v) is 1.97. The highest BCUT2D eigenvalue weighted by molar-refractivity contribution is 7.80. The molecule has 1 aromatic rings. The van der Waals surface area contributed by atoms with Gasteiger partial charge in [0.15, 0.2) is 4.99 Å². The number of thiocarbonyl (C=S) groups is 1. The average Bonchev–Trinajstić information content (AvgIpc) is 2.36. The molecule has 0 aliphatic carbocycles. The van der Waals surface area contributed by atoms with Gasteiger partial charge in [-0.15, -0.1) is 0 Å². The minimum Gasteiger partial charge on any atom is -0.363 e. The summed E-state index contributed by atoms with van der Waals surface area (Å²) in [7, 11) is 0. The molecule has 0 bridgehead atoms. The lowest BCUT2D eigenvalue weighted by Gasteiger charge is -2.02. The quantitative estimate of drug-likeness (QED) is 0.396. The molecule has 10 heavy (non-hydrogen) atoms. The number of hydrogen-bond donors (Lipinski definition) is 2. The number of rotatable bonds is 1. The highest BCUT2D eigenvalue weighted by Crippen LogP contribution is 1.87. The fourth-order valence-electron chi connectivity index (χ4n) is 0.440. The van der Waals surface area contributed by atoms with Crippen LogP contribution < -0.4 is 0 Å². The van der Waals surface area contributed by atoms with Crippen LogP contribution in [0.25, 0.3) is 0 Å². The van der Waals surface area contributed by atoms with E-state index in [4.69, 9.17) is 10.2 Å². The van der Waals surface area contributed by atoms with Crippen LogP contribution in [-0.2, 0) is 0 Å². The van der Waals surface area contributed by atoms with Crippen LogP contribution >= 0.6 is 12.2 Å². The molecule has 0 saturated heterocycles. The van der Waals surface area contributed by atoms with Gasteiger partial charge in [0.2, 0.25) is 6.29 Å². The molecule has 2 N–H and O–H groups in total. The Morgan fingerprint density at radius 1 is 1.60 bits per heavy atom. The highest BCUT2D eigenvalue weighted by Gasteiger charge is 2.07. The maximum atomic E-state index is 8.52. The van der Waals surface area contributed by atoms with Crippen molar-refractivity contribution in [2.24, 2.45) is 0 Å². The van der Waals surface area contributed by atoms with Gasteiger partial charge >= 0.3 is 0 Å². The van der Waals surface area contributed by atoms with Gasteiger partial charge in [0.05, 0.1) is 0 Å². The van der Waals surface area contributed by atoms with Gasteiger partial charge in [-0.1, -0.05) is 12.2 Å². The van der Waals surface area contributed by atoms with Crippen LogP contribution in [0.15, 0.2) is 12.7 Å². The second-order valence-electron chi connectivity index (χ2n) is 1.55. The summed E-state index contributed by atoms with van der Waals surface area (Å²) in [6, 6.07) is 0. The van der Waals surface area contributed by atoms with Crippen molar-refractivity contribution in [1.82, 2.24) is 14.8 Å². The molecule has 0 spiro atoms. The molecule has 0 radical (unpaired) electrons. The number of nitrogens with zero attached hydrogens (tertiary/aromatic N) is 3. The van der Waals surface area contributed by atoms with Gasteiger partial charge in [-0.05, 0) is 0 Å².